The lowest BCUT2D eigenvalue weighted by Crippen LogP contribution is -2.26. The number of ether oxygens (including phenoxy) is 1. The van der Waals surface area contributed by atoms with E-state index in [9.17, 15) is 4.79 Å². The lowest BCUT2D eigenvalue weighted by atomic mass is 10.1. The number of carbonyl (C=O) groups is 1. The number of amides is 1. The minimum Gasteiger partial charge on any atom is -0.497 e. The highest BCUT2D eigenvalue weighted by atomic mass is 16.5. The molecule has 0 bridgehead atoms. The Morgan fingerprint density at radius 1 is 1.36 bits per heavy atom. The number of nitrogens with one attached hydrogen (secondary N) is 1. The van der Waals surface area contributed by atoms with Gasteiger partial charge in [-0.15, -0.1) is 0 Å². The summed E-state index contributed by atoms with van der Waals surface area (Å²) >= 11 is 0. The van der Waals surface area contributed by atoms with Gasteiger partial charge in [0.05, 0.1) is 36.8 Å². The van der Waals surface area contributed by atoms with Crippen LogP contribution in [0.1, 0.15) is 27.4 Å². The number of aromatic amines is 1. The number of carbonyl (C=O) groups excluding carboxylic acids is 1. The normalized spacial score (nSPS) is 10.7. The van der Waals surface area contributed by atoms with Gasteiger partial charge in [0, 0.05) is 18.2 Å². The van der Waals surface area contributed by atoms with Crippen LogP contribution < -0.4 is 4.74 Å². The van der Waals surface area contributed by atoms with Crippen molar-refractivity contribution in [1.29, 1.82) is 0 Å². The van der Waals surface area contributed by atoms with Gasteiger partial charge in [0.2, 0.25) is 0 Å². The number of rotatable bonds is 5. The highest BCUT2D eigenvalue weighted by Gasteiger charge is 2.21. The van der Waals surface area contributed by atoms with Crippen molar-refractivity contribution in [2.75, 3.05) is 14.2 Å². The molecule has 0 aliphatic heterocycles. The summed E-state index contributed by atoms with van der Waals surface area (Å²) in [6.07, 6.45) is 1.54. The Labute approximate surface area is 145 Å². The van der Waals surface area contributed by atoms with E-state index in [4.69, 9.17) is 9.26 Å². The number of aryl methyl sites for hydroxylation is 2. The van der Waals surface area contributed by atoms with Crippen molar-refractivity contribution < 1.29 is 14.1 Å². The van der Waals surface area contributed by atoms with Crippen LogP contribution in [0, 0.1) is 13.8 Å². The Kier molecular flexibility index (Phi) is 4.56. The summed E-state index contributed by atoms with van der Waals surface area (Å²) in [5, 5.41) is 10.9. The second-order valence-corrected chi connectivity index (χ2v) is 5.85. The van der Waals surface area contributed by atoms with Crippen LogP contribution in [0.15, 0.2) is 35.0 Å². The summed E-state index contributed by atoms with van der Waals surface area (Å²) in [6, 6.07) is 7.49. The molecular weight excluding hydrogens is 320 g/mol. The van der Waals surface area contributed by atoms with Gasteiger partial charge in [-0.1, -0.05) is 17.3 Å². The Hall–Kier alpha value is -3.09. The van der Waals surface area contributed by atoms with Gasteiger partial charge in [-0.2, -0.15) is 5.10 Å². The molecule has 0 unspecified atom stereocenters. The molecule has 0 spiro atoms. The van der Waals surface area contributed by atoms with Crippen molar-refractivity contribution in [2.45, 2.75) is 20.4 Å². The topological polar surface area (TPSA) is 84.2 Å². The monoisotopic (exact) mass is 340 g/mol. The number of H-pyrrole nitrogens is 1. The maximum absolute atomic E-state index is 12.9. The van der Waals surface area contributed by atoms with Gasteiger partial charge in [0.1, 0.15) is 11.5 Å². The fourth-order valence-electron chi connectivity index (χ4n) is 2.69. The average molecular weight is 340 g/mol. The van der Waals surface area contributed by atoms with Gasteiger partial charge >= 0.3 is 0 Å². The molecule has 7 heteroatoms. The van der Waals surface area contributed by atoms with Crippen LogP contribution in [0.2, 0.25) is 0 Å². The average Bonchev–Trinajstić information content (AvgIpc) is 3.23. The molecule has 2 heterocycles. The lowest BCUT2D eigenvalue weighted by Gasteiger charge is -2.17. The van der Waals surface area contributed by atoms with Crippen LogP contribution in [-0.4, -0.2) is 40.3 Å². The molecule has 1 N–H and O–H groups in total. The number of hydrogen-bond acceptors (Lipinski definition) is 5. The van der Waals surface area contributed by atoms with Gasteiger partial charge < -0.3 is 14.2 Å². The summed E-state index contributed by atoms with van der Waals surface area (Å²) in [4.78, 5) is 14.5. The molecule has 3 aromatic rings. The fraction of sp³-hybridized carbons (Fsp3) is 0.278. The van der Waals surface area contributed by atoms with Crippen molar-refractivity contribution in [1.82, 2.24) is 20.3 Å². The number of methoxy groups -OCH3 is 1. The Balaban J connectivity index is 1.87. The first-order valence-corrected chi connectivity index (χ1v) is 7.86. The molecule has 0 aliphatic rings. The van der Waals surface area contributed by atoms with Crippen LogP contribution >= 0.6 is 0 Å². The maximum atomic E-state index is 12.9. The third-order valence-corrected chi connectivity index (χ3v) is 4.15. The molecule has 130 valence electrons. The fourth-order valence-corrected chi connectivity index (χ4v) is 2.69. The van der Waals surface area contributed by atoms with Crippen molar-refractivity contribution >= 4 is 5.91 Å². The largest absolute Gasteiger partial charge is 0.497 e. The summed E-state index contributed by atoms with van der Waals surface area (Å²) in [6.45, 7) is 4.12. The predicted molar refractivity (Wildman–Crippen MR) is 92.4 cm³/mol. The summed E-state index contributed by atoms with van der Waals surface area (Å²) in [5.74, 6) is 1.30. The van der Waals surface area contributed by atoms with E-state index in [0.717, 1.165) is 28.3 Å². The molecule has 2 aromatic heterocycles. The third-order valence-electron chi connectivity index (χ3n) is 4.15. The molecule has 0 atom stereocenters. The molecule has 1 amide bonds. The van der Waals surface area contributed by atoms with Crippen LogP contribution in [0.3, 0.4) is 0 Å². The van der Waals surface area contributed by atoms with Crippen molar-refractivity contribution in [2.24, 2.45) is 0 Å². The van der Waals surface area contributed by atoms with E-state index in [1.807, 2.05) is 38.1 Å². The van der Waals surface area contributed by atoms with Gasteiger partial charge in [-0.05, 0) is 26.0 Å². The summed E-state index contributed by atoms with van der Waals surface area (Å²) < 4.78 is 10.4. The quantitative estimate of drug-likeness (QED) is 0.772. The minimum absolute atomic E-state index is 0.133. The Bertz CT molecular complexity index is 878. The SMILES string of the molecule is COc1cccc(-c2[nH]ncc2C(=O)N(C)Cc2c(C)noc2C)c1. The van der Waals surface area contributed by atoms with E-state index in [1.54, 1.807) is 25.3 Å². The van der Waals surface area contributed by atoms with Crippen LogP contribution in [0.25, 0.3) is 11.3 Å². The summed E-state index contributed by atoms with van der Waals surface area (Å²) in [5.41, 5.74) is 3.71. The zero-order valence-corrected chi connectivity index (χ0v) is 14.7. The maximum Gasteiger partial charge on any atom is 0.257 e. The standard InChI is InChI=1S/C18H20N4O3/c1-11-16(12(2)25-21-11)10-22(3)18(23)15-9-19-20-17(15)13-6-5-7-14(8-13)24-4/h5-9H,10H2,1-4H3,(H,19,20). The van der Waals surface area contributed by atoms with Crippen LogP contribution in [-0.2, 0) is 6.54 Å². The van der Waals surface area contributed by atoms with E-state index < -0.39 is 0 Å². The highest BCUT2D eigenvalue weighted by Crippen LogP contribution is 2.26. The highest BCUT2D eigenvalue weighted by molar-refractivity contribution is 5.99. The van der Waals surface area contributed by atoms with Crippen LogP contribution in [0.4, 0.5) is 0 Å². The molecule has 0 saturated heterocycles. The molecule has 1 aromatic carbocycles. The summed E-state index contributed by atoms with van der Waals surface area (Å²) in [7, 11) is 3.35. The molecule has 0 radical (unpaired) electrons. The Morgan fingerprint density at radius 3 is 2.84 bits per heavy atom. The zero-order valence-electron chi connectivity index (χ0n) is 14.7. The smallest absolute Gasteiger partial charge is 0.257 e. The van der Waals surface area contributed by atoms with Crippen molar-refractivity contribution in [3.8, 4) is 17.0 Å². The zero-order chi connectivity index (χ0) is 18.0. The van der Waals surface area contributed by atoms with Crippen LogP contribution in [0.5, 0.6) is 5.75 Å². The van der Waals surface area contributed by atoms with Crippen molar-refractivity contribution in [3.63, 3.8) is 0 Å². The lowest BCUT2D eigenvalue weighted by molar-refractivity contribution is 0.0785. The van der Waals surface area contributed by atoms with E-state index in [0.29, 0.717) is 17.8 Å². The molecule has 0 saturated carbocycles. The second kappa shape index (κ2) is 6.80. The molecule has 0 aliphatic carbocycles. The van der Waals surface area contributed by atoms with Gasteiger partial charge in [-0.25, -0.2) is 0 Å². The first-order chi connectivity index (χ1) is 12.0. The number of hydrogen-bond donors (Lipinski definition) is 1. The number of aromatic nitrogens is 3. The van der Waals surface area contributed by atoms with E-state index in [-0.39, 0.29) is 5.91 Å². The molecular formula is C18H20N4O3. The Morgan fingerprint density at radius 2 is 2.16 bits per heavy atom. The first-order valence-electron chi connectivity index (χ1n) is 7.86. The minimum atomic E-state index is -0.133. The predicted octanol–water partition coefficient (Wildman–Crippen LogP) is 2.96. The van der Waals surface area contributed by atoms with Gasteiger partial charge in [0.15, 0.2) is 0 Å². The molecule has 25 heavy (non-hydrogen) atoms. The van der Waals surface area contributed by atoms with Gasteiger partial charge in [0.25, 0.3) is 5.91 Å². The third kappa shape index (κ3) is 3.26. The molecule has 3 rings (SSSR count). The van der Waals surface area contributed by atoms with Crippen molar-refractivity contribution in [3.05, 3.63) is 53.0 Å². The first kappa shape index (κ1) is 16.8. The number of nitrogens with zero attached hydrogens (tertiary/aromatic N) is 3. The van der Waals surface area contributed by atoms with E-state index in [1.165, 1.54) is 0 Å². The number of benzene rings is 1. The van der Waals surface area contributed by atoms with E-state index >= 15 is 0 Å². The molecule has 7 nitrogen and oxygen atoms in total. The molecule has 0 fully saturated rings. The second-order valence-electron chi connectivity index (χ2n) is 5.85. The van der Waals surface area contributed by atoms with Gasteiger partial charge in [-0.3, -0.25) is 9.89 Å². The van der Waals surface area contributed by atoms with E-state index in [2.05, 4.69) is 15.4 Å².